The van der Waals surface area contributed by atoms with Crippen LogP contribution >= 0.6 is 12.4 Å². The van der Waals surface area contributed by atoms with Gasteiger partial charge in [0.05, 0.1) is 22.1 Å². The predicted molar refractivity (Wildman–Crippen MR) is 79.3 cm³/mol. The number of nitrogens with zero attached hydrogens (tertiary/aromatic N) is 1. The average molecular weight is 370 g/mol. The van der Waals surface area contributed by atoms with Crippen LogP contribution in [0.25, 0.3) is 0 Å². The summed E-state index contributed by atoms with van der Waals surface area (Å²) in [5.41, 5.74) is 3.88. The SMILES string of the molecule is Cl.N#Cc1cc(S(=O)(=O)NCC(N)C2CC2)ccc1C(F)(F)F. The Balaban J connectivity index is 0.00000264. The van der Waals surface area contributed by atoms with Crippen molar-refractivity contribution in [3.8, 4) is 6.07 Å². The smallest absolute Gasteiger partial charge is 0.326 e. The second kappa shape index (κ2) is 7.05. The molecule has 0 spiro atoms. The third-order valence-corrected chi connectivity index (χ3v) is 4.88. The molecule has 0 aromatic heterocycles. The molecule has 1 aliphatic carbocycles. The zero-order valence-electron chi connectivity index (χ0n) is 11.8. The fraction of sp³-hybridized carbons (Fsp3) is 0.462. The van der Waals surface area contributed by atoms with E-state index in [1.54, 1.807) is 0 Å². The number of nitriles is 1. The summed E-state index contributed by atoms with van der Waals surface area (Å²) in [4.78, 5) is -0.389. The first kappa shape index (κ1) is 19.7. The molecule has 0 heterocycles. The second-order valence-electron chi connectivity index (χ2n) is 5.17. The Bertz CT molecular complexity index is 712. The first-order valence-corrected chi connectivity index (χ1v) is 8.00. The van der Waals surface area contributed by atoms with E-state index in [2.05, 4.69) is 4.72 Å². The molecule has 1 saturated carbocycles. The Morgan fingerprint density at radius 3 is 2.48 bits per heavy atom. The van der Waals surface area contributed by atoms with Crippen LogP contribution in [0.1, 0.15) is 24.0 Å². The molecule has 0 bridgehead atoms. The summed E-state index contributed by atoms with van der Waals surface area (Å²) in [6, 6.07) is 3.19. The molecule has 0 saturated heterocycles. The Morgan fingerprint density at radius 1 is 1.39 bits per heavy atom. The monoisotopic (exact) mass is 369 g/mol. The normalized spacial score (nSPS) is 16.3. The summed E-state index contributed by atoms with van der Waals surface area (Å²) in [5, 5.41) is 8.79. The minimum atomic E-state index is -4.71. The third-order valence-electron chi connectivity index (χ3n) is 3.46. The maximum Gasteiger partial charge on any atom is 0.417 e. The summed E-state index contributed by atoms with van der Waals surface area (Å²) in [5.74, 6) is 0.282. The van der Waals surface area contributed by atoms with Crippen molar-refractivity contribution in [2.75, 3.05) is 6.54 Å². The molecule has 1 atom stereocenters. The zero-order valence-corrected chi connectivity index (χ0v) is 13.4. The fourth-order valence-corrected chi connectivity index (χ4v) is 3.11. The summed E-state index contributed by atoms with van der Waals surface area (Å²) in [6.07, 6.45) is -2.82. The molecular weight excluding hydrogens is 355 g/mol. The van der Waals surface area contributed by atoms with Crippen LogP contribution in [0.15, 0.2) is 23.1 Å². The van der Waals surface area contributed by atoms with Crippen LogP contribution < -0.4 is 10.5 Å². The molecule has 1 aromatic carbocycles. The molecule has 1 fully saturated rings. The summed E-state index contributed by atoms with van der Waals surface area (Å²) in [7, 11) is -4.00. The molecule has 0 aliphatic heterocycles. The molecule has 2 rings (SSSR count). The third kappa shape index (κ3) is 4.81. The van der Waals surface area contributed by atoms with Crippen LogP contribution in [-0.4, -0.2) is 21.0 Å². The second-order valence-corrected chi connectivity index (χ2v) is 6.94. The number of alkyl halides is 3. The number of nitrogens with two attached hydrogens (primary N) is 1. The van der Waals surface area contributed by atoms with Gasteiger partial charge >= 0.3 is 6.18 Å². The molecule has 0 amide bonds. The van der Waals surface area contributed by atoms with Crippen molar-refractivity contribution in [1.82, 2.24) is 4.72 Å². The number of hydrogen-bond acceptors (Lipinski definition) is 4. The van der Waals surface area contributed by atoms with E-state index in [1.807, 2.05) is 0 Å². The van der Waals surface area contributed by atoms with Crippen molar-refractivity contribution in [1.29, 1.82) is 5.26 Å². The van der Waals surface area contributed by atoms with Crippen molar-refractivity contribution < 1.29 is 21.6 Å². The highest BCUT2D eigenvalue weighted by Gasteiger charge is 2.34. The van der Waals surface area contributed by atoms with E-state index in [1.165, 1.54) is 6.07 Å². The topological polar surface area (TPSA) is 96.0 Å². The lowest BCUT2D eigenvalue weighted by atomic mass is 10.1. The number of nitrogens with one attached hydrogen (secondary N) is 1. The van der Waals surface area contributed by atoms with Crippen LogP contribution in [0, 0.1) is 17.2 Å². The van der Waals surface area contributed by atoms with Gasteiger partial charge in [0.15, 0.2) is 0 Å². The Hall–Kier alpha value is -1.34. The minimum absolute atomic E-state index is 0. The van der Waals surface area contributed by atoms with Gasteiger partial charge in [-0.2, -0.15) is 18.4 Å². The molecule has 3 N–H and O–H groups in total. The van der Waals surface area contributed by atoms with Crippen LogP contribution in [0.2, 0.25) is 0 Å². The van der Waals surface area contributed by atoms with Gasteiger partial charge in [0.25, 0.3) is 0 Å². The highest BCUT2D eigenvalue weighted by atomic mass is 35.5. The highest BCUT2D eigenvalue weighted by Crippen LogP contribution is 2.33. The molecule has 0 radical (unpaired) electrons. The maximum atomic E-state index is 12.7. The Kier molecular flexibility index (Phi) is 6.04. The molecule has 128 valence electrons. The molecule has 5 nitrogen and oxygen atoms in total. The van der Waals surface area contributed by atoms with E-state index in [-0.39, 0.29) is 35.8 Å². The molecule has 10 heteroatoms. The predicted octanol–water partition coefficient (Wildman–Crippen LogP) is 2.01. The summed E-state index contributed by atoms with van der Waals surface area (Å²) >= 11 is 0. The first-order chi connectivity index (χ1) is 10.1. The van der Waals surface area contributed by atoms with E-state index in [4.69, 9.17) is 11.0 Å². The van der Waals surface area contributed by atoms with Gasteiger partial charge in [-0.25, -0.2) is 13.1 Å². The van der Waals surface area contributed by atoms with Crippen LogP contribution in [0.4, 0.5) is 13.2 Å². The van der Waals surface area contributed by atoms with Crippen LogP contribution in [-0.2, 0) is 16.2 Å². The molecule has 1 unspecified atom stereocenters. The van der Waals surface area contributed by atoms with Crippen molar-refractivity contribution in [3.05, 3.63) is 29.3 Å². The van der Waals surface area contributed by atoms with Gasteiger partial charge in [-0.3, -0.25) is 0 Å². The minimum Gasteiger partial charge on any atom is -0.326 e. The fourth-order valence-electron chi connectivity index (χ4n) is 2.01. The van der Waals surface area contributed by atoms with Crippen molar-refractivity contribution in [3.63, 3.8) is 0 Å². The standard InChI is InChI=1S/C13H14F3N3O2S.ClH/c14-13(15,16)11-4-3-10(5-9(11)6-17)22(20,21)19-7-12(18)8-1-2-8;/h3-5,8,12,19H,1-2,7,18H2;1H. The van der Waals surface area contributed by atoms with Gasteiger partial charge < -0.3 is 5.73 Å². The van der Waals surface area contributed by atoms with E-state index >= 15 is 0 Å². The van der Waals surface area contributed by atoms with Gasteiger partial charge in [0.1, 0.15) is 0 Å². The van der Waals surface area contributed by atoms with Gasteiger partial charge in [-0.05, 0) is 37.0 Å². The van der Waals surface area contributed by atoms with E-state index in [0.717, 1.165) is 18.9 Å². The number of hydrogen-bond donors (Lipinski definition) is 2. The first-order valence-electron chi connectivity index (χ1n) is 6.52. The maximum absolute atomic E-state index is 12.7. The van der Waals surface area contributed by atoms with Gasteiger partial charge in [0.2, 0.25) is 10.0 Å². The number of halogens is 4. The lowest BCUT2D eigenvalue weighted by Crippen LogP contribution is -2.38. The van der Waals surface area contributed by atoms with Crippen LogP contribution in [0.5, 0.6) is 0 Å². The van der Waals surface area contributed by atoms with Gasteiger partial charge in [0, 0.05) is 12.6 Å². The average Bonchev–Trinajstić information content (AvgIpc) is 3.27. The summed E-state index contributed by atoms with van der Waals surface area (Å²) in [6.45, 7) is 0.00983. The van der Waals surface area contributed by atoms with Crippen molar-refractivity contribution in [2.24, 2.45) is 11.7 Å². The van der Waals surface area contributed by atoms with E-state index < -0.39 is 27.3 Å². The number of sulfonamides is 1. The quantitative estimate of drug-likeness (QED) is 0.829. The van der Waals surface area contributed by atoms with Crippen LogP contribution in [0.3, 0.4) is 0 Å². The Morgan fingerprint density at radius 2 is 2.00 bits per heavy atom. The Labute approximate surface area is 138 Å². The number of benzene rings is 1. The van der Waals surface area contributed by atoms with E-state index in [9.17, 15) is 21.6 Å². The van der Waals surface area contributed by atoms with Crippen molar-refractivity contribution >= 4 is 22.4 Å². The molecule has 1 aromatic rings. The molecule has 1 aliphatic rings. The molecule has 23 heavy (non-hydrogen) atoms. The summed E-state index contributed by atoms with van der Waals surface area (Å²) < 4.78 is 64.4. The molecular formula is C13H15ClF3N3O2S. The lowest BCUT2D eigenvalue weighted by molar-refractivity contribution is -0.137. The highest BCUT2D eigenvalue weighted by molar-refractivity contribution is 7.89. The number of rotatable bonds is 5. The van der Waals surface area contributed by atoms with Gasteiger partial charge in [-0.15, -0.1) is 12.4 Å². The zero-order chi connectivity index (χ0) is 16.5. The van der Waals surface area contributed by atoms with Crippen molar-refractivity contribution in [2.45, 2.75) is 30.0 Å². The largest absolute Gasteiger partial charge is 0.417 e. The lowest BCUT2D eigenvalue weighted by Gasteiger charge is -2.13. The van der Waals surface area contributed by atoms with E-state index in [0.29, 0.717) is 12.1 Å². The van der Waals surface area contributed by atoms with Gasteiger partial charge in [-0.1, -0.05) is 0 Å².